The van der Waals surface area contributed by atoms with Crippen molar-refractivity contribution in [1.29, 1.82) is 0 Å². The summed E-state index contributed by atoms with van der Waals surface area (Å²) in [5.41, 5.74) is 2.96. The Kier molecular flexibility index (Phi) is 5.17. The molecule has 2 N–H and O–H groups in total. The number of carbonyl (C=O) groups is 1. The number of ether oxygens (including phenoxy) is 1. The normalized spacial score (nSPS) is 14.9. The van der Waals surface area contributed by atoms with Gasteiger partial charge in [0.15, 0.2) is 10.7 Å². The molecule has 9 nitrogen and oxygen atoms in total. The summed E-state index contributed by atoms with van der Waals surface area (Å²) < 4.78 is 10.4. The van der Waals surface area contributed by atoms with E-state index < -0.39 is 5.76 Å². The number of H-pyrrole nitrogens is 1. The maximum Gasteiger partial charge on any atom is 0.417 e. The lowest BCUT2D eigenvalue weighted by molar-refractivity contribution is 0.0341. The third-order valence-electron chi connectivity index (χ3n) is 4.69. The molecule has 0 bridgehead atoms. The lowest BCUT2D eigenvalue weighted by atomic mass is 10.1. The molecular weight excluding hydrogens is 426 g/mol. The number of carbonyl (C=O) groups excluding carboxylic acids is 1. The molecule has 0 saturated carbocycles. The van der Waals surface area contributed by atoms with Crippen LogP contribution in [0.1, 0.15) is 15.5 Å². The van der Waals surface area contributed by atoms with Crippen LogP contribution in [0.4, 0.5) is 5.13 Å². The number of aromatic amines is 1. The van der Waals surface area contributed by atoms with E-state index in [-0.39, 0.29) is 5.91 Å². The van der Waals surface area contributed by atoms with Gasteiger partial charge in [-0.15, -0.1) is 22.7 Å². The summed E-state index contributed by atoms with van der Waals surface area (Å²) in [6.07, 6.45) is 0. The second-order valence-corrected chi connectivity index (χ2v) is 8.53. The zero-order chi connectivity index (χ0) is 20.5. The molecule has 0 aliphatic carbocycles. The van der Waals surface area contributed by atoms with Crippen LogP contribution in [-0.2, 0) is 11.3 Å². The van der Waals surface area contributed by atoms with Crippen LogP contribution in [0.25, 0.3) is 22.4 Å². The summed E-state index contributed by atoms with van der Waals surface area (Å²) >= 11 is 2.80. The monoisotopic (exact) mass is 443 g/mol. The van der Waals surface area contributed by atoms with Crippen LogP contribution in [0, 0.1) is 0 Å². The van der Waals surface area contributed by atoms with Gasteiger partial charge >= 0.3 is 5.76 Å². The van der Waals surface area contributed by atoms with Gasteiger partial charge in [0.05, 0.1) is 31.0 Å². The van der Waals surface area contributed by atoms with Crippen LogP contribution in [0.5, 0.6) is 0 Å². The molecule has 1 saturated heterocycles. The summed E-state index contributed by atoms with van der Waals surface area (Å²) in [5, 5.41) is 7.80. The van der Waals surface area contributed by atoms with Crippen LogP contribution in [0.15, 0.2) is 38.2 Å². The minimum atomic E-state index is -0.496. The van der Waals surface area contributed by atoms with Crippen LogP contribution < -0.4 is 11.1 Å². The van der Waals surface area contributed by atoms with Crippen molar-refractivity contribution in [2.75, 3.05) is 31.6 Å². The first-order valence-corrected chi connectivity index (χ1v) is 11.0. The Labute approximate surface area is 178 Å². The SMILES string of the molecule is O=C(Nc1nc(-c2ccc3[nH]c(=O)oc3c2)cs1)c1csc(CN2CCOCC2)n1. The van der Waals surface area contributed by atoms with Gasteiger partial charge in [0, 0.05) is 29.4 Å². The molecule has 1 amide bonds. The highest BCUT2D eigenvalue weighted by molar-refractivity contribution is 7.14. The Morgan fingerprint density at radius 1 is 1.20 bits per heavy atom. The molecule has 4 heterocycles. The van der Waals surface area contributed by atoms with Crippen molar-refractivity contribution < 1.29 is 13.9 Å². The lowest BCUT2D eigenvalue weighted by Crippen LogP contribution is -2.35. The number of benzene rings is 1. The Morgan fingerprint density at radius 3 is 2.93 bits per heavy atom. The van der Waals surface area contributed by atoms with Crippen LogP contribution in [0.3, 0.4) is 0 Å². The van der Waals surface area contributed by atoms with E-state index in [0.29, 0.717) is 27.6 Å². The largest absolute Gasteiger partial charge is 0.417 e. The van der Waals surface area contributed by atoms with Gasteiger partial charge in [-0.2, -0.15) is 0 Å². The smallest absolute Gasteiger partial charge is 0.408 e. The quantitative estimate of drug-likeness (QED) is 0.488. The second kappa shape index (κ2) is 8.11. The van der Waals surface area contributed by atoms with E-state index in [9.17, 15) is 9.59 Å². The molecule has 3 aromatic heterocycles. The van der Waals surface area contributed by atoms with Crippen molar-refractivity contribution in [3.05, 3.63) is 50.2 Å². The molecule has 1 aliphatic heterocycles. The molecular formula is C19H17N5O4S2. The van der Waals surface area contributed by atoms with E-state index in [1.165, 1.54) is 22.7 Å². The fraction of sp³-hybridized carbons (Fsp3) is 0.263. The molecule has 1 aromatic carbocycles. The zero-order valence-corrected chi connectivity index (χ0v) is 17.3. The van der Waals surface area contributed by atoms with E-state index in [2.05, 4.69) is 25.2 Å². The van der Waals surface area contributed by atoms with Gasteiger partial charge in [0.1, 0.15) is 10.7 Å². The molecule has 1 fully saturated rings. The second-order valence-electron chi connectivity index (χ2n) is 6.73. The summed E-state index contributed by atoms with van der Waals surface area (Å²) in [5.74, 6) is -0.780. The van der Waals surface area contributed by atoms with Gasteiger partial charge in [-0.1, -0.05) is 6.07 Å². The molecule has 0 radical (unpaired) electrons. The number of aromatic nitrogens is 3. The average Bonchev–Trinajstić information content (AvgIpc) is 3.47. The number of thiazole rings is 2. The average molecular weight is 444 g/mol. The minimum absolute atomic E-state index is 0.285. The van der Waals surface area contributed by atoms with Crippen molar-refractivity contribution in [1.82, 2.24) is 19.9 Å². The van der Waals surface area contributed by atoms with Crippen molar-refractivity contribution in [2.45, 2.75) is 6.54 Å². The number of hydrogen-bond donors (Lipinski definition) is 2. The number of anilines is 1. The fourth-order valence-electron chi connectivity index (χ4n) is 3.17. The first kappa shape index (κ1) is 19.1. The molecule has 0 spiro atoms. The van der Waals surface area contributed by atoms with Gasteiger partial charge < -0.3 is 9.15 Å². The highest BCUT2D eigenvalue weighted by Gasteiger charge is 2.17. The third kappa shape index (κ3) is 4.05. The van der Waals surface area contributed by atoms with Gasteiger partial charge in [-0.3, -0.25) is 20.0 Å². The molecule has 11 heteroatoms. The van der Waals surface area contributed by atoms with Crippen molar-refractivity contribution in [3.63, 3.8) is 0 Å². The Balaban J connectivity index is 1.26. The number of oxazole rings is 1. The van der Waals surface area contributed by atoms with Crippen LogP contribution in [-0.4, -0.2) is 52.1 Å². The zero-order valence-electron chi connectivity index (χ0n) is 15.7. The maximum absolute atomic E-state index is 12.6. The Hall–Kier alpha value is -2.86. The van der Waals surface area contributed by atoms with Gasteiger partial charge in [-0.25, -0.2) is 14.8 Å². The Bertz CT molecular complexity index is 1250. The number of amides is 1. The highest BCUT2D eigenvalue weighted by Crippen LogP contribution is 2.27. The number of nitrogens with zero attached hydrogens (tertiary/aromatic N) is 3. The van der Waals surface area contributed by atoms with Crippen molar-refractivity contribution in [3.8, 4) is 11.3 Å². The van der Waals surface area contributed by atoms with Crippen LogP contribution in [0.2, 0.25) is 0 Å². The highest BCUT2D eigenvalue weighted by atomic mass is 32.1. The molecule has 4 aromatic rings. The number of rotatable bonds is 5. The lowest BCUT2D eigenvalue weighted by Gasteiger charge is -2.25. The molecule has 30 heavy (non-hydrogen) atoms. The van der Waals surface area contributed by atoms with Gasteiger partial charge in [-0.05, 0) is 12.1 Å². The number of hydrogen-bond acceptors (Lipinski definition) is 9. The van der Waals surface area contributed by atoms with E-state index in [1.807, 2.05) is 11.4 Å². The van der Waals surface area contributed by atoms with Gasteiger partial charge in [0.25, 0.3) is 5.91 Å². The maximum atomic E-state index is 12.6. The standard InChI is InChI=1S/C19H17N5O4S2/c25-17(14-10-29-16(20-14)8-24-3-5-27-6-4-24)23-18-21-13(9-30-18)11-1-2-12-15(7-11)28-19(26)22-12/h1-2,7,9-10H,3-6,8H2,(H,22,26)(H,21,23,25). The Morgan fingerprint density at radius 2 is 2.07 bits per heavy atom. The van der Waals surface area contributed by atoms with Crippen molar-refractivity contribution in [2.24, 2.45) is 0 Å². The fourth-order valence-corrected chi connectivity index (χ4v) is 4.70. The summed E-state index contributed by atoms with van der Waals surface area (Å²) in [7, 11) is 0. The molecule has 154 valence electrons. The topological polar surface area (TPSA) is 113 Å². The first-order chi connectivity index (χ1) is 14.6. The number of morpholine rings is 1. The predicted octanol–water partition coefficient (Wildman–Crippen LogP) is 2.79. The van der Waals surface area contributed by atoms with E-state index in [1.54, 1.807) is 17.5 Å². The molecule has 0 unspecified atom stereocenters. The molecule has 1 aliphatic rings. The van der Waals surface area contributed by atoms with Gasteiger partial charge in [0.2, 0.25) is 0 Å². The molecule has 5 rings (SSSR count). The number of nitrogens with one attached hydrogen (secondary N) is 2. The van der Waals surface area contributed by atoms with Crippen molar-refractivity contribution >= 4 is 44.8 Å². The summed E-state index contributed by atoms with van der Waals surface area (Å²) in [4.78, 5) is 37.7. The summed E-state index contributed by atoms with van der Waals surface area (Å²) in [6.45, 7) is 3.94. The molecule has 0 atom stereocenters. The third-order valence-corrected chi connectivity index (χ3v) is 6.28. The van der Waals surface area contributed by atoms with E-state index >= 15 is 0 Å². The minimum Gasteiger partial charge on any atom is -0.408 e. The van der Waals surface area contributed by atoms with E-state index in [0.717, 1.165) is 43.4 Å². The number of fused-ring (bicyclic) bond motifs is 1. The van der Waals surface area contributed by atoms with Crippen LogP contribution >= 0.6 is 22.7 Å². The summed E-state index contributed by atoms with van der Waals surface area (Å²) in [6, 6.07) is 5.34. The first-order valence-electron chi connectivity index (χ1n) is 9.29. The van der Waals surface area contributed by atoms with E-state index in [4.69, 9.17) is 9.15 Å². The predicted molar refractivity (Wildman–Crippen MR) is 114 cm³/mol.